The summed E-state index contributed by atoms with van der Waals surface area (Å²) in [6.45, 7) is 9.06. The van der Waals surface area contributed by atoms with Gasteiger partial charge < -0.3 is 5.32 Å². The molecule has 6 nitrogen and oxygen atoms in total. The van der Waals surface area contributed by atoms with Gasteiger partial charge in [0.05, 0.1) is 19.3 Å². The number of halogens is 1. The van der Waals surface area contributed by atoms with Crippen LogP contribution in [0.5, 0.6) is 0 Å². The third kappa shape index (κ3) is 4.70. The van der Waals surface area contributed by atoms with Crippen LogP contribution >= 0.6 is 11.6 Å². The topological polar surface area (TPSA) is 76.9 Å². The van der Waals surface area contributed by atoms with Gasteiger partial charge in [-0.1, -0.05) is 54.1 Å². The van der Waals surface area contributed by atoms with Crippen LogP contribution in [0.4, 0.5) is 0 Å². The molecule has 32 heavy (non-hydrogen) atoms. The van der Waals surface area contributed by atoms with Crippen LogP contribution in [-0.4, -0.2) is 26.7 Å². The maximum Gasteiger partial charge on any atom is 0.247 e. The summed E-state index contributed by atoms with van der Waals surface area (Å²) in [6, 6.07) is 7.61. The van der Waals surface area contributed by atoms with E-state index in [0.29, 0.717) is 41.1 Å². The molecule has 0 unspecified atom stereocenters. The molecule has 0 radical (unpaired) electrons. The van der Waals surface area contributed by atoms with Crippen LogP contribution in [0.1, 0.15) is 50.8 Å². The number of benzene rings is 1. The van der Waals surface area contributed by atoms with Crippen LogP contribution in [0.15, 0.2) is 53.8 Å². The quantitative estimate of drug-likeness (QED) is 0.655. The van der Waals surface area contributed by atoms with Gasteiger partial charge in [0, 0.05) is 17.0 Å². The molecule has 4 rings (SSSR count). The van der Waals surface area contributed by atoms with Crippen molar-refractivity contribution in [1.29, 1.82) is 0 Å². The summed E-state index contributed by atoms with van der Waals surface area (Å²) in [5.41, 5.74) is 4.35. The van der Waals surface area contributed by atoms with E-state index in [1.165, 1.54) is 5.57 Å². The normalized spacial score (nSPS) is 23.1. The van der Waals surface area contributed by atoms with Crippen LogP contribution in [0.3, 0.4) is 0 Å². The van der Waals surface area contributed by atoms with E-state index in [1.807, 2.05) is 37.4 Å². The Bertz CT molecular complexity index is 1090. The monoisotopic (exact) mass is 452 g/mol. The smallest absolute Gasteiger partial charge is 0.247 e. The Labute approximate surface area is 193 Å². The van der Waals surface area contributed by atoms with E-state index in [0.717, 1.165) is 30.4 Å². The van der Waals surface area contributed by atoms with Gasteiger partial charge in [-0.25, -0.2) is 4.68 Å². The highest BCUT2D eigenvalue weighted by atomic mass is 35.5. The molecule has 3 atom stereocenters. The van der Waals surface area contributed by atoms with E-state index in [1.54, 1.807) is 4.68 Å². The zero-order chi connectivity index (χ0) is 22.8. The molecule has 2 aliphatic rings. The molecular formula is C25H29ClN4O2. The van der Waals surface area contributed by atoms with Crippen LogP contribution < -0.4 is 5.32 Å². The maximum absolute atomic E-state index is 12.8. The summed E-state index contributed by atoms with van der Waals surface area (Å²) < 4.78 is 1.71. The van der Waals surface area contributed by atoms with Crippen molar-refractivity contribution < 1.29 is 9.59 Å². The molecule has 1 saturated carbocycles. The highest BCUT2D eigenvalue weighted by Crippen LogP contribution is 2.45. The Kier molecular flexibility index (Phi) is 6.60. The predicted molar refractivity (Wildman–Crippen MR) is 124 cm³/mol. The van der Waals surface area contributed by atoms with Gasteiger partial charge in [0.25, 0.3) is 0 Å². The lowest BCUT2D eigenvalue weighted by atomic mass is 9.86. The highest BCUT2D eigenvalue weighted by Gasteiger charge is 2.37. The predicted octanol–water partition coefficient (Wildman–Crippen LogP) is 4.49. The van der Waals surface area contributed by atoms with Crippen molar-refractivity contribution in [1.82, 2.24) is 20.3 Å². The third-order valence-electron chi connectivity index (χ3n) is 6.97. The molecule has 7 heteroatoms. The summed E-state index contributed by atoms with van der Waals surface area (Å²) in [5.74, 6) is 0.947. The van der Waals surface area contributed by atoms with Gasteiger partial charge >= 0.3 is 0 Å². The van der Waals surface area contributed by atoms with Crippen molar-refractivity contribution in [2.24, 2.45) is 17.8 Å². The van der Waals surface area contributed by atoms with E-state index in [4.69, 9.17) is 11.6 Å². The summed E-state index contributed by atoms with van der Waals surface area (Å²) in [4.78, 5) is 25.0. The number of allylic oxidation sites excluding steroid dienone is 2. The van der Waals surface area contributed by atoms with Gasteiger partial charge in [0.15, 0.2) is 5.78 Å². The lowest BCUT2D eigenvalue weighted by molar-refractivity contribution is -0.118. The van der Waals surface area contributed by atoms with Gasteiger partial charge in [-0.2, -0.15) is 0 Å². The van der Waals surface area contributed by atoms with Gasteiger partial charge in [-0.05, 0) is 61.1 Å². The first-order valence-electron chi connectivity index (χ1n) is 11.2. The van der Waals surface area contributed by atoms with Gasteiger partial charge in [0.2, 0.25) is 5.91 Å². The molecule has 0 saturated heterocycles. The van der Waals surface area contributed by atoms with Crippen LogP contribution in [0.2, 0.25) is 5.02 Å². The van der Waals surface area contributed by atoms with E-state index < -0.39 is 0 Å². The zero-order valence-corrected chi connectivity index (χ0v) is 19.4. The minimum absolute atomic E-state index is 0.0641. The van der Waals surface area contributed by atoms with Crippen molar-refractivity contribution in [3.8, 4) is 0 Å². The van der Waals surface area contributed by atoms with Crippen molar-refractivity contribution >= 4 is 23.3 Å². The van der Waals surface area contributed by atoms with E-state index in [9.17, 15) is 9.59 Å². The molecule has 0 spiro atoms. The van der Waals surface area contributed by atoms with Gasteiger partial charge in [-0.15, -0.1) is 5.10 Å². The van der Waals surface area contributed by atoms with E-state index >= 15 is 0 Å². The van der Waals surface area contributed by atoms with E-state index in [2.05, 4.69) is 29.1 Å². The Morgan fingerprint density at radius 1 is 1.28 bits per heavy atom. The minimum Gasteiger partial charge on any atom is -0.347 e. The minimum atomic E-state index is -0.163. The fourth-order valence-corrected chi connectivity index (χ4v) is 5.08. The Morgan fingerprint density at radius 2 is 2.06 bits per heavy atom. The lowest BCUT2D eigenvalue weighted by Gasteiger charge is -2.19. The second-order valence-corrected chi connectivity index (χ2v) is 9.45. The third-order valence-corrected chi connectivity index (χ3v) is 7.34. The lowest BCUT2D eigenvalue weighted by Crippen LogP contribution is -2.27. The Balaban J connectivity index is 1.35. The van der Waals surface area contributed by atoms with Crippen molar-refractivity contribution in [2.45, 2.75) is 52.6 Å². The molecule has 168 valence electrons. The molecule has 1 aromatic heterocycles. The maximum atomic E-state index is 12.8. The van der Waals surface area contributed by atoms with Crippen LogP contribution in [-0.2, 0) is 22.7 Å². The Hall–Kier alpha value is -2.73. The number of amides is 1. The second kappa shape index (κ2) is 9.41. The number of carbonyl (C=O) groups excluding carboxylic acids is 2. The van der Waals surface area contributed by atoms with Crippen LogP contribution in [0.25, 0.3) is 0 Å². The van der Waals surface area contributed by atoms with Gasteiger partial charge in [-0.3, -0.25) is 9.59 Å². The molecule has 1 fully saturated rings. The molecule has 0 bridgehead atoms. The summed E-state index contributed by atoms with van der Waals surface area (Å²) in [5, 5.41) is 11.9. The number of carbonyl (C=O) groups is 2. The van der Waals surface area contributed by atoms with Crippen molar-refractivity contribution in [3.63, 3.8) is 0 Å². The summed E-state index contributed by atoms with van der Waals surface area (Å²) >= 11 is 6.21. The number of hydrogen-bond acceptors (Lipinski definition) is 4. The standard InChI is InChI=1S/C25H29ClN4O2/c1-15-8-9-18(10-22-17(3)24(31)11-21(15)22)16(2)25(32)27-12-20-14-30(29-28-20)13-19-6-4-5-7-23(19)26/h4-7,14-15,18,21H,2,8-13H2,1,3H3,(H,27,32)/t15-,18+,21-/m0/s1. The SMILES string of the molecule is C=C(C(=O)NCc1cn(Cc2ccccc2Cl)nn1)[C@@H]1CC[C@H](C)[C@@H]2CC(=O)C(C)=C2C1. The largest absolute Gasteiger partial charge is 0.347 e. The number of ketones is 1. The van der Waals surface area contributed by atoms with E-state index in [-0.39, 0.29) is 24.2 Å². The molecule has 1 heterocycles. The zero-order valence-electron chi connectivity index (χ0n) is 18.6. The molecule has 2 aliphatic carbocycles. The number of fused-ring (bicyclic) bond motifs is 1. The first-order chi connectivity index (χ1) is 15.3. The number of hydrogen-bond donors (Lipinski definition) is 1. The molecule has 0 aliphatic heterocycles. The number of nitrogens with zero attached hydrogens (tertiary/aromatic N) is 3. The first kappa shape index (κ1) is 22.5. The number of nitrogens with one attached hydrogen (secondary N) is 1. The molecule has 1 amide bonds. The summed E-state index contributed by atoms with van der Waals surface area (Å²) in [6.07, 6.45) is 5.11. The fraction of sp³-hybridized carbons (Fsp3) is 0.440. The average molecular weight is 453 g/mol. The molecule has 1 N–H and O–H groups in total. The van der Waals surface area contributed by atoms with Crippen LogP contribution in [0, 0.1) is 17.8 Å². The average Bonchev–Trinajstić information content (AvgIpc) is 3.29. The fourth-order valence-electron chi connectivity index (χ4n) is 4.88. The molecule has 2 aromatic rings. The van der Waals surface area contributed by atoms with Crippen molar-refractivity contribution in [3.05, 3.63) is 70.0 Å². The number of aromatic nitrogens is 3. The van der Waals surface area contributed by atoms with Gasteiger partial charge in [0.1, 0.15) is 5.69 Å². The number of rotatable bonds is 6. The molecule has 1 aromatic carbocycles. The van der Waals surface area contributed by atoms with Crippen molar-refractivity contribution in [2.75, 3.05) is 0 Å². The Morgan fingerprint density at radius 3 is 2.84 bits per heavy atom. The second-order valence-electron chi connectivity index (χ2n) is 9.05. The summed E-state index contributed by atoms with van der Waals surface area (Å²) in [7, 11) is 0. The first-order valence-corrected chi connectivity index (χ1v) is 11.5. The highest BCUT2D eigenvalue weighted by molar-refractivity contribution is 6.31. The molecular weight excluding hydrogens is 424 g/mol. The number of Topliss-reactive ketones (excluding diaryl/α,β-unsaturated/α-hetero) is 1.